The van der Waals surface area contributed by atoms with E-state index in [1.54, 1.807) is 11.3 Å². The SMILES string of the molecule is C#CCCCCN(Cc1nccs1)CC1CCN(C(=O)NC2CCCC2)CC1. The molecule has 0 atom stereocenters. The van der Waals surface area contributed by atoms with Gasteiger partial charge in [-0.3, -0.25) is 4.90 Å². The molecular weight excluding hydrogens is 368 g/mol. The Labute approximate surface area is 173 Å². The second-order valence-electron chi connectivity index (χ2n) is 8.18. The smallest absolute Gasteiger partial charge is 0.317 e. The zero-order chi connectivity index (χ0) is 19.6. The first kappa shape index (κ1) is 21.1. The molecule has 2 aliphatic rings. The summed E-state index contributed by atoms with van der Waals surface area (Å²) in [5.74, 6) is 3.39. The highest BCUT2D eigenvalue weighted by atomic mass is 32.1. The first-order valence-corrected chi connectivity index (χ1v) is 11.7. The molecule has 1 N–H and O–H groups in total. The number of carbonyl (C=O) groups is 1. The molecule has 28 heavy (non-hydrogen) atoms. The molecule has 3 rings (SSSR count). The minimum absolute atomic E-state index is 0.152. The van der Waals surface area contributed by atoms with E-state index < -0.39 is 0 Å². The third kappa shape index (κ3) is 6.79. The second-order valence-corrected chi connectivity index (χ2v) is 9.16. The van der Waals surface area contributed by atoms with Gasteiger partial charge in [0.05, 0.1) is 6.54 Å². The number of amides is 2. The molecule has 1 aromatic rings. The molecule has 0 radical (unpaired) electrons. The molecular formula is C22H34N4OS. The summed E-state index contributed by atoms with van der Waals surface area (Å²) in [6.45, 7) is 4.85. The average Bonchev–Trinajstić information content (AvgIpc) is 3.40. The Morgan fingerprint density at radius 2 is 2.07 bits per heavy atom. The van der Waals surface area contributed by atoms with Crippen LogP contribution in [-0.2, 0) is 6.54 Å². The number of likely N-dealkylation sites (tertiary alicyclic amines) is 1. The van der Waals surface area contributed by atoms with E-state index in [2.05, 4.69) is 21.1 Å². The van der Waals surface area contributed by atoms with Gasteiger partial charge in [-0.25, -0.2) is 9.78 Å². The number of thiazole rings is 1. The van der Waals surface area contributed by atoms with Crippen LogP contribution in [0.3, 0.4) is 0 Å². The van der Waals surface area contributed by atoms with Gasteiger partial charge in [-0.15, -0.1) is 23.7 Å². The van der Waals surface area contributed by atoms with Crippen molar-refractivity contribution in [1.82, 2.24) is 20.1 Å². The lowest BCUT2D eigenvalue weighted by Gasteiger charge is -2.35. The molecule has 1 saturated heterocycles. The van der Waals surface area contributed by atoms with Crippen LogP contribution < -0.4 is 5.32 Å². The number of piperidine rings is 1. The highest BCUT2D eigenvalue weighted by Crippen LogP contribution is 2.22. The van der Waals surface area contributed by atoms with Crippen LogP contribution in [0.5, 0.6) is 0 Å². The van der Waals surface area contributed by atoms with Crippen LogP contribution in [0.15, 0.2) is 11.6 Å². The zero-order valence-electron chi connectivity index (χ0n) is 16.9. The summed E-state index contributed by atoms with van der Waals surface area (Å²) in [4.78, 5) is 21.5. The maximum Gasteiger partial charge on any atom is 0.317 e. The Balaban J connectivity index is 1.42. The van der Waals surface area contributed by atoms with Crippen molar-refractivity contribution in [3.05, 3.63) is 16.6 Å². The molecule has 154 valence electrons. The number of rotatable bonds is 9. The van der Waals surface area contributed by atoms with Gasteiger partial charge in [0.1, 0.15) is 5.01 Å². The minimum Gasteiger partial charge on any atom is -0.335 e. The Hall–Kier alpha value is -1.58. The fraction of sp³-hybridized carbons (Fsp3) is 0.727. The van der Waals surface area contributed by atoms with Crippen LogP contribution in [-0.4, -0.2) is 53.0 Å². The quantitative estimate of drug-likeness (QED) is 0.499. The monoisotopic (exact) mass is 402 g/mol. The van der Waals surface area contributed by atoms with Crippen molar-refractivity contribution < 1.29 is 4.79 Å². The van der Waals surface area contributed by atoms with Gasteiger partial charge in [-0.1, -0.05) is 12.8 Å². The highest BCUT2D eigenvalue weighted by molar-refractivity contribution is 7.09. The largest absolute Gasteiger partial charge is 0.335 e. The Morgan fingerprint density at radius 1 is 1.29 bits per heavy atom. The van der Waals surface area contributed by atoms with Gasteiger partial charge >= 0.3 is 6.03 Å². The van der Waals surface area contributed by atoms with Gasteiger partial charge in [0.15, 0.2) is 0 Å². The van der Waals surface area contributed by atoms with Crippen molar-refractivity contribution in [2.24, 2.45) is 5.92 Å². The number of terminal acetylenes is 1. The lowest BCUT2D eigenvalue weighted by atomic mass is 9.96. The van der Waals surface area contributed by atoms with E-state index in [9.17, 15) is 4.79 Å². The summed E-state index contributed by atoms with van der Waals surface area (Å²) in [5.41, 5.74) is 0. The van der Waals surface area contributed by atoms with Gasteiger partial charge in [-0.05, 0) is 51.0 Å². The number of unbranched alkanes of at least 4 members (excludes halogenated alkanes) is 2. The fourth-order valence-electron chi connectivity index (χ4n) is 4.34. The maximum absolute atomic E-state index is 12.5. The molecule has 0 spiro atoms. The van der Waals surface area contributed by atoms with Gasteiger partial charge in [0, 0.05) is 43.7 Å². The molecule has 0 unspecified atom stereocenters. The van der Waals surface area contributed by atoms with Crippen molar-refractivity contribution in [3.63, 3.8) is 0 Å². The summed E-state index contributed by atoms with van der Waals surface area (Å²) < 4.78 is 0. The minimum atomic E-state index is 0.152. The van der Waals surface area contributed by atoms with Crippen molar-refractivity contribution in [2.75, 3.05) is 26.2 Å². The van der Waals surface area contributed by atoms with Crippen LogP contribution in [0.1, 0.15) is 62.8 Å². The van der Waals surface area contributed by atoms with Crippen molar-refractivity contribution in [1.29, 1.82) is 0 Å². The summed E-state index contributed by atoms with van der Waals surface area (Å²) >= 11 is 1.73. The van der Waals surface area contributed by atoms with E-state index in [4.69, 9.17) is 6.42 Å². The number of hydrogen-bond donors (Lipinski definition) is 1. The van der Waals surface area contributed by atoms with E-state index in [1.807, 2.05) is 16.5 Å². The molecule has 6 heteroatoms. The predicted octanol–water partition coefficient (Wildman–Crippen LogP) is 4.11. The highest BCUT2D eigenvalue weighted by Gasteiger charge is 2.26. The normalized spacial score (nSPS) is 18.5. The van der Waals surface area contributed by atoms with E-state index >= 15 is 0 Å². The Bertz CT molecular complexity index is 613. The van der Waals surface area contributed by atoms with Gasteiger partial charge in [0.2, 0.25) is 0 Å². The van der Waals surface area contributed by atoms with Crippen molar-refractivity contribution in [2.45, 2.75) is 70.4 Å². The topological polar surface area (TPSA) is 48.5 Å². The average molecular weight is 403 g/mol. The number of urea groups is 1. The molecule has 2 amide bonds. The summed E-state index contributed by atoms with van der Waals surface area (Å²) in [5, 5.41) is 6.46. The zero-order valence-corrected chi connectivity index (χ0v) is 17.8. The summed E-state index contributed by atoms with van der Waals surface area (Å²) in [6, 6.07) is 0.557. The Kier molecular flexibility index (Phi) is 8.63. The maximum atomic E-state index is 12.5. The molecule has 1 aliphatic heterocycles. The third-order valence-corrected chi connectivity index (χ3v) is 6.75. The number of nitrogens with one attached hydrogen (secondary N) is 1. The molecule has 0 aromatic carbocycles. The van der Waals surface area contributed by atoms with Crippen LogP contribution in [0.2, 0.25) is 0 Å². The van der Waals surface area contributed by atoms with Crippen LogP contribution >= 0.6 is 11.3 Å². The number of nitrogens with zero attached hydrogens (tertiary/aromatic N) is 3. The number of carbonyl (C=O) groups excluding carboxylic acids is 1. The van der Waals surface area contributed by atoms with Crippen molar-refractivity contribution >= 4 is 17.4 Å². The third-order valence-electron chi connectivity index (χ3n) is 5.99. The number of aromatic nitrogens is 1. The Morgan fingerprint density at radius 3 is 2.75 bits per heavy atom. The first-order chi connectivity index (χ1) is 13.7. The van der Waals surface area contributed by atoms with E-state index in [0.717, 1.165) is 77.7 Å². The van der Waals surface area contributed by atoms with E-state index in [0.29, 0.717) is 12.0 Å². The molecule has 5 nitrogen and oxygen atoms in total. The van der Waals surface area contributed by atoms with E-state index in [1.165, 1.54) is 17.8 Å². The molecule has 2 heterocycles. The molecule has 0 bridgehead atoms. The number of hydrogen-bond acceptors (Lipinski definition) is 4. The standard InChI is InChI=1S/C22H34N4OS/c1-2-3-4-7-13-25(18-21-23-12-16-28-21)17-19-10-14-26(15-11-19)22(27)24-20-8-5-6-9-20/h1,12,16,19-20H,3-11,13-15,17-18H2,(H,24,27). The molecule has 1 aromatic heterocycles. The van der Waals surface area contributed by atoms with Gasteiger partial charge in [0.25, 0.3) is 0 Å². The fourth-order valence-corrected chi connectivity index (χ4v) is 5.00. The predicted molar refractivity (Wildman–Crippen MR) is 115 cm³/mol. The first-order valence-electron chi connectivity index (χ1n) is 10.8. The van der Waals surface area contributed by atoms with Gasteiger partial charge in [-0.2, -0.15) is 0 Å². The molecule has 1 saturated carbocycles. The second kappa shape index (κ2) is 11.4. The van der Waals surface area contributed by atoms with Gasteiger partial charge < -0.3 is 10.2 Å². The van der Waals surface area contributed by atoms with E-state index in [-0.39, 0.29) is 6.03 Å². The summed E-state index contributed by atoms with van der Waals surface area (Å²) in [6.07, 6.45) is 17.3. The molecule has 1 aliphatic carbocycles. The van der Waals surface area contributed by atoms with Crippen LogP contribution in [0, 0.1) is 18.3 Å². The van der Waals surface area contributed by atoms with Crippen molar-refractivity contribution in [3.8, 4) is 12.3 Å². The van der Waals surface area contributed by atoms with Crippen LogP contribution in [0.25, 0.3) is 0 Å². The lowest BCUT2D eigenvalue weighted by molar-refractivity contribution is 0.141. The summed E-state index contributed by atoms with van der Waals surface area (Å²) in [7, 11) is 0. The lowest BCUT2D eigenvalue weighted by Crippen LogP contribution is -2.48. The van der Waals surface area contributed by atoms with Crippen LogP contribution in [0.4, 0.5) is 4.79 Å². The molecule has 2 fully saturated rings.